The van der Waals surface area contributed by atoms with E-state index in [0.29, 0.717) is 12.4 Å². The van der Waals surface area contributed by atoms with Crippen molar-refractivity contribution in [2.75, 3.05) is 24.4 Å². The number of nitrogens with two attached hydrogens (primary N) is 1. The lowest BCUT2D eigenvalue weighted by Crippen LogP contribution is -2.07. The van der Waals surface area contributed by atoms with Gasteiger partial charge in [0.1, 0.15) is 5.82 Å². The molecule has 0 aliphatic heterocycles. The molecule has 6 nitrogen and oxygen atoms in total. The Kier molecular flexibility index (Phi) is 3.23. The number of sulfone groups is 1. The number of hydrogen-bond donors (Lipinski definition) is 2. The van der Waals surface area contributed by atoms with Crippen LogP contribution < -0.4 is 11.1 Å². The van der Waals surface area contributed by atoms with E-state index in [1.807, 2.05) is 6.92 Å². The van der Waals surface area contributed by atoms with Gasteiger partial charge in [0.15, 0.2) is 20.6 Å². The molecule has 0 aromatic carbocycles. The minimum absolute atomic E-state index is 0.0819. The summed E-state index contributed by atoms with van der Waals surface area (Å²) in [6.45, 7) is 2.58. The number of nitrogen functional groups attached to an aromatic ring is 1. The highest BCUT2D eigenvalue weighted by atomic mass is 32.2. The van der Waals surface area contributed by atoms with Crippen molar-refractivity contribution in [3.05, 3.63) is 0 Å². The maximum Gasteiger partial charge on any atom is 0.182 e. The summed E-state index contributed by atoms with van der Waals surface area (Å²) in [4.78, 5) is 0.0819. The third-order valence-corrected chi connectivity index (χ3v) is 3.13. The summed E-state index contributed by atoms with van der Waals surface area (Å²) < 4.78 is 24.5. The first-order valence-electron chi connectivity index (χ1n) is 4.65. The number of aromatic nitrogens is 2. The molecule has 0 radical (unpaired) electrons. The Hall–Kier alpha value is -1.24. The lowest BCUT2D eigenvalue weighted by Gasteiger charge is -2.01. The molecule has 1 aromatic heterocycles. The first-order valence-corrected chi connectivity index (χ1v) is 6.55. The smallest absolute Gasteiger partial charge is 0.182 e. The van der Waals surface area contributed by atoms with Gasteiger partial charge < -0.3 is 11.1 Å². The van der Waals surface area contributed by atoms with Gasteiger partial charge in [0, 0.05) is 19.8 Å². The number of hydrogen-bond acceptors (Lipinski definition) is 5. The molecule has 86 valence electrons. The minimum atomic E-state index is -3.34. The zero-order valence-corrected chi connectivity index (χ0v) is 9.93. The summed E-state index contributed by atoms with van der Waals surface area (Å²) in [7, 11) is -1.73. The fourth-order valence-electron chi connectivity index (χ4n) is 1.37. The van der Waals surface area contributed by atoms with Crippen LogP contribution in [0, 0.1) is 0 Å². The zero-order valence-electron chi connectivity index (χ0n) is 9.11. The van der Waals surface area contributed by atoms with E-state index in [4.69, 9.17) is 5.73 Å². The molecule has 0 spiro atoms. The molecule has 0 fully saturated rings. The number of anilines is 2. The fraction of sp³-hybridized carbons (Fsp3) is 0.625. The van der Waals surface area contributed by atoms with Crippen LogP contribution in [0.3, 0.4) is 0 Å². The van der Waals surface area contributed by atoms with Crippen LogP contribution in [0.2, 0.25) is 0 Å². The van der Waals surface area contributed by atoms with Gasteiger partial charge in [-0.2, -0.15) is 5.10 Å². The molecule has 0 amide bonds. The van der Waals surface area contributed by atoms with Gasteiger partial charge in [-0.3, -0.25) is 0 Å². The molecule has 7 heteroatoms. The van der Waals surface area contributed by atoms with Crippen molar-refractivity contribution >= 4 is 21.5 Å². The molecule has 0 atom stereocenters. The second kappa shape index (κ2) is 4.09. The molecule has 1 aromatic rings. The van der Waals surface area contributed by atoms with E-state index in [9.17, 15) is 8.42 Å². The van der Waals surface area contributed by atoms with Crippen LogP contribution in [-0.4, -0.2) is 31.5 Å². The van der Waals surface area contributed by atoms with Crippen molar-refractivity contribution in [3.63, 3.8) is 0 Å². The van der Waals surface area contributed by atoms with Crippen LogP contribution in [0.5, 0.6) is 0 Å². The first-order chi connectivity index (χ1) is 6.91. The summed E-state index contributed by atoms with van der Waals surface area (Å²) in [5, 5.41) is 6.82. The molecule has 0 aliphatic rings. The molecule has 0 unspecified atom stereocenters. The second-order valence-corrected chi connectivity index (χ2v) is 5.26. The van der Waals surface area contributed by atoms with Crippen molar-refractivity contribution in [2.24, 2.45) is 0 Å². The minimum Gasteiger partial charge on any atom is -0.383 e. The topological polar surface area (TPSA) is 90.0 Å². The predicted molar refractivity (Wildman–Crippen MR) is 59.6 cm³/mol. The van der Waals surface area contributed by atoms with Crippen molar-refractivity contribution in [1.29, 1.82) is 0 Å². The molecule has 0 aliphatic carbocycles. The molecule has 0 bridgehead atoms. The average Bonchev–Trinajstić information content (AvgIpc) is 2.43. The standard InChI is InChI=1S/C8H16N4O2S/c1-4-5-12-7(9)6(15(3,13)14)8(10-2)11-12/h4-5,9H2,1-3H3,(H,10,11). The summed E-state index contributed by atoms with van der Waals surface area (Å²) in [5.74, 6) is 0.507. The van der Waals surface area contributed by atoms with Crippen LogP contribution in [0.25, 0.3) is 0 Å². The van der Waals surface area contributed by atoms with Gasteiger partial charge in [-0.15, -0.1) is 0 Å². The average molecular weight is 232 g/mol. The van der Waals surface area contributed by atoms with Crippen molar-refractivity contribution in [2.45, 2.75) is 24.8 Å². The van der Waals surface area contributed by atoms with E-state index in [0.717, 1.165) is 12.7 Å². The molecular weight excluding hydrogens is 216 g/mol. The quantitative estimate of drug-likeness (QED) is 0.780. The molecule has 0 saturated heterocycles. The third kappa shape index (κ3) is 2.23. The Bertz CT molecular complexity index is 449. The van der Waals surface area contributed by atoms with Crippen LogP contribution in [0.15, 0.2) is 4.90 Å². The summed E-state index contributed by atoms with van der Waals surface area (Å²) in [6, 6.07) is 0. The van der Waals surface area contributed by atoms with E-state index in [1.54, 1.807) is 7.05 Å². The second-order valence-electron chi connectivity index (χ2n) is 3.31. The Morgan fingerprint density at radius 3 is 2.47 bits per heavy atom. The Labute approximate surface area is 89.4 Å². The SMILES string of the molecule is CCCn1nc(NC)c(S(C)(=O)=O)c1N. The molecule has 15 heavy (non-hydrogen) atoms. The van der Waals surface area contributed by atoms with Gasteiger partial charge in [0.2, 0.25) is 0 Å². The van der Waals surface area contributed by atoms with Crippen LogP contribution in [0.1, 0.15) is 13.3 Å². The Balaban J connectivity index is 3.37. The summed E-state index contributed by atoms with van der Waals surface area (Å²) in [6.07, 6.45) is 1.97. The Morgan fingerprint density at radius 2 is 2.13 bits per heavy atom. The lowest BCUT2D eigenvalue weighted by atomic mass is 10.5. The summed E-state index contributed by atoms with van der Waals surface area (Å²) in [5.41, 5.74) is 5.73. The number of aryl methyl sites for hydroxylation is 1. The first kappa shape index (κ1) is 11.8. The molecule has 1 rings (SSSR count). The van der Waals surface area contributed by atoms with E-state index < -0.39 is 9.84 Å². The molecular formula is C8H16N4O2S. The van der Waals surface area contributed by atoms with Gasteiger partial charge in [-0.05, 0) is 6.42 Å². The van der Waals surface area contributed by atoms with Crippen molar-refractivity contribution < 1.29 is 8.42 Å². The van der Waals surface area contributed by atoms with Crippen molar-refractivity contribution in [1.82, 2.24) is 9.78 Å². The van der Waals surface area contributed by atoms with E-state index in [-0.39, 0.29) is 10.7 Å². The highest BCUT2D eigenvalue weighted by Crippen LogP contribution is 2.26. The predicted octanol–water partition coefficient (Wildman–Crippen LogP) is 0.321. The van der Waals surface area contributed by atoms with Gasteiger partial charge in [-0.1, -0.05) is 6.92 Å². The fourth-order valence-corrected chi connectivity index (χ4v) is 2.35. The molecule has 0 saturated carbocycles. The molecule has 3 N–H and O–H groups in total. The lowest BCUT2D eigenvalue weighted by molar-refractivity contribution is 0.600. The highest BCUT2D eigenvalue weighted by Gasteiger charge is 2.22. The van der Waals surface area contributed by atoms with Crippen LogP contribution in [-0.2, 0) is 16.4 Å². The third-order valence-electron chi connectivity index (χ3n) is 1.99. The molecule has 1 heterocycles. The van der Waals surface area contributed by atoms with Gasteiger partial charge in [-0.25, -0.2) is 13.1 Å². The monoisotopic (exact) mass is 232 g/mol. The van der Waals surface area contributed by atoms with Gasteiger partial charge >= 0.3 is 0 Å². The number of nitrogens with zero attached hydrogens (tertiary/aromatic N) is 2. The number of rotatable bonds is 4. The van der Waals surface area contributed by atoms with E-state index in [1.165, 1.54) is 4.68 Å². The maximum absolute atomic E-state index is 11.5. The van der Waals surface area contributed by atoms with Crippen LogP contribution in [0.4, 0.5) is 11.6 Å². The van der Waals surface area contributed by atoms with Crippen molar-refractivity contribution in [3.8, 4) is 0 Å². The maximum atomic E-state index is 11.5. The normalized spacial score (nSPS) is 11.7. The largest absolute Gasteiger partial charge is 0.383 e. The highest BCUT2D eigenvalue weighted by molar-refractivity contribution is 7.91. The van der Waals surface area contributed by atoms with E-state index in [2.05, 4.69) is 10.4 Å². The van der Waals surface area contributed by atoms with Gasteiger partial charge in [0.25, 0.3) is 0 Å². The van der Waals surface area contributed by atoms with E-state index >= 15 is 0 Å². The number of nitrogens with one attached hydrogen (secondary N) is 1. The summed E-state index contributed by atoms with van der Waals surface area (Å²) >= 11 is 0. The van der Waals surface area contributed by atoms with Gasteiger partial charge in [0.05, 0.1) is 0 Å². The van der Waals surface area contributed by atoms with Crippen LogP contribution >= 0.6 is 0 Å². The zero-order chi connectivity index (χ0) is 11.6. The Morgan fingerprint density at radius 1 is 1.53 bits per heavy atom.